The molecule has 1 aliphatic rings. The second kappa shape index (κ2) is 3.57. The minimum Gasteiger partial charge on any atom is -0.391 e. The molecule has 0 radical (unpaired) electrons. The highest BCUT2D eigenvalue weighted by molar-refractivity contribution is 5.04. The predicted octanol–water partition coefficient (Wildman–Crippen LogP) is 0.591. The molecule has 1 saturated carbocycles. The number of aromatic nitrogens is 3. The van der Waals surface area contributed by atoms with Crippen molar-refractivity contribution in [3.63, 3.8) is 0 Å². The molecule has 5 nitrogen and oxygen atoms in total. The van der Waals surface area contributed by atoms with Crippen LogP contribution in [0.1, 0.15) is 44.8 Å². The van der Waals surface area contributed by atoms with E-state index in [1.807, 2.05) is 0 Å². The van der Waals surface area contributed by atoms with E-state index in [4.69, 9.17) is 0 Å². The van der Waals surface area contributed by atoms with Gasteiger partial charge in [-0.3, -0.25) is 0 Å². The van der Waals surface area contributed by atoms with E-state index in [2.05, 4.69) is 10.3 Å². The Morgan fingerprint density at radius 2 is 2.20 bits per heavy atom. The monoisotopic (exact) mass is 211 g/mol. The van der Waals surface area contributed by atoms with Gasteiger partial charge in [0, 0.05) is 0 Å². The third-order valence-electron chi connectivity index (χ3n) is 2.92. The van der Waals surface area contributed by atoms with E-state index >= 15 is 0 Å². The highest BCUT2D eigenvalue weighted by Crippen LogP contribution is 2.30. The minimum absolute atomic E-state index is 0.0219. The van der Waals surface area contributed by atoms with Gasteiger partial charge in [0.25, 0.3) is 0 Å². The molecule has 0 aromatic carbocycles. The molecule has 2 unspecified atom stereocenters. The molecular weight excluding hydrogens is 194 g/mol. The van der Waals surface area contributed by atoms with Crippen molar-refractivity contribution >= 4 is 0 Å². The average molecular weight is 211 g/mol. The maximum Gasteiger partial charge on any atom is 0.114 e. The smallest absolute Gasteiger partial charge is 0.114 e. The topological polar surface area (TPSA) is 71.2 Å². The summed E-state index contributed by atoms with van der Waals surface area (Å²) in [6.45, 7) is 3.35. The van der Waals surface area contributed by atoms with Gasteiger partial charge in [-0.05, 0) is 33.1 Å². The molecule has 2 rings (SSSR count). The summed E-state index contributed by atoms with van der Waals surface area (Å²) >= 11 is 0. The van der Waals surface area contributed by atoms with Crippen molar-refractivity contribution in [2.75, 3.05) is 0 Å². The zero-order valence-electron chi connectivity index (χ0n) is 9.09. The molecule has 0 bridgehead atoms. The van der Waals surface area contributed by atoms with Crippen LogP contribution in [0.5, 0.6) is 0 Å². The summed E-state index contributed by atoms with van der Waals surface area (Å²) in [5.74, 6) is 0. The second-order valence-corrected chi connectivity index (χ2v) is 4.71. The Balaban J connectivity index is 2.20. The number of hydrogen-bond acceptors (Lipinski definition) is 4. The van der Waals surface area contributed by atoms with Gasteiger partial charge >= 0.3 is 0 Å². The van der Waals surface area contributed by atoms with Crippen LogP contribution in [0, 0.1) is 0 Å². The first-order chi connectivity index (χ1) is 6.98. The summed E-state index contributed by atoms with van der Waals surface area (Å²) in [5, 5.41) is 27.3. The second-order valence-electron chi connectivity index (χ2n) is 4.71. The summed E-state index contributed by atoms with van der Waals surface area (Å²) in [4.78, 5) is 0. The van der Waals surface area contributed by atoms with Crippen LogP contribution in [0.15, 0.2) is 6.20 Å². The Morgan fingerprint density at radius 3 is 2.67 bits per heavy atom. The molecule has 1 fully saturated rings. The van der Waals surface area contributed by atoms with E-state index in [9.17, 15) is 10.2 Å². The molecule has 0 aliphatic heterocycles. The number of aliphatic hydroxyl groups excluding tert-OH is 1. The molecule has 1 aliphatic carbocycles. The van der Waals surface area contributed by atoms with Crippen molar-refractivity contribution in [3.05, 3.63) is 11.9 Å². The lowest BCUT2D eigenvalue weighted by Crippen LogP contribution is -2.19. The van der Waals surface area contributed by atoms with Crippen LogP contribution in [0.3, 0.4) is 0 Å². The molecular formula is C10H17N3O2. The maximum atomic E-state index is 9.73. The first kappa shape index (κ1) is 10.6. The summed E-state index contributed by atoms with van der Waals surface area (Å²) in [5.41, 5.74) is -0.427. The molecule has 1 aromatic rings. The Hall–Kier alpha value is -0.940. The van der Waals surface area contributed by atoms with Crippen molar-refractivity contribution < 1.29 is 10.2 Å². The van der Waals surface area contributed by atoms with Crippen LogP contribution in [-0.2, 0) is 5.60 Å². The summed E-state index contributed by atoms with van der Waals surface area (Å²) < 4.78 is 1.67. The van der Waals surface area contributed by atoms with Gasteiger partial charge in [-0.25, -0.2) is 4.68 Å². The van der Waals surface area contributed by atoms with Crippen molar-refractivity contribution in [3.8, 4) is 0 Å². The molecule has 5 heteroatoms. The van der Waals surface area contributed by atoms with Crippen LogP contribution in [0.2, 0.25) is 0 Å². The lowest BCUT2D eigenvalue weighted by Gasteiger charge is -2.15. The highest BCUT2D eigenvalue weighted by atomic mass is 16.3. The zero-order chi connectivity index (χ0) is 11.1. The maximum absolute atomic E-state index is 9.73. The number of rotatable bonds is 2. The van der Waals surface area contributed by atoms with E-state index in [1.54, 1.807) is 24.7 Å². The fourth-order valence-corrected chi connectivity index (χ4v) is 1.95. The molecule has 2 atom stereocenters. The molecule has 0 amide bonds. The fourth-order valence-electron chi connectivity index (χ4n) is 1.95. The van der Waals surface area contributed by atoms with E-state index in [0.29, 0.717) is 5.69 Å². The fraction of sp³-hybridized carbons (Fsp3) is 0.800. The van der Waals surface area contributed by atoms with Gasteiger partial charge in [-0.2, -0.15) is 0 Å². The SMILES string of the molecule is CC(C)(O)c1cn(C2CCCC2O)nn1. The minimum atomic E-state index is -0.970. The van der Waals surface area contributed by atoms with Crippen molar-refractivity contribution in [2.24, 2.45) is 0 Å². The lowest BCUT2D eigenvalue weighted by molar-refractivity contribution is 0.0735. The van der Waals surface area contributed by atoms with E-state index < -0.39 is 5.60 Å². The Kier molecular flexibility index (Phi) is 2.52. The molecule has 15 heavy (non-hydrogen) atoms. The van der Waals surface area contributed by atoms with E-state index in [0.717, 1.165) is 19.3 Å². The van der Waals surface area contributed by atoms with Crippen LogP contribution < -0.4 is 0 Å². The average Bonchev–Trinajstić information content (AvgIpc) is 2.69. The summed E-state index contributed by atoms with van der Waals surface area (Å²) in [7, 11) is 0. The van der Waals surface area contributed by atoms with Crippen LogP contribution in [0.25, 0.3) is 0 Å². The first-order valence-corrected chi connectivity index (χ1v) is 5.31. The molecule has 2 N–H and O–H groups in total. The quantitative estimate of drug-likeness (QED) is 0.751. The number of hydrogen-bond donors (Lipinski definition) is 2. The van der Waals surface area contributed by atoms with Crippen LogP contribution >= 0.6 is 0 Å². The summed E-state index contributed by atoms with van der Waals surface area (Å²) in [6, 6.07) is 0.0219. The third kappa shape index (κ3) is 2.03. The molecule has 1 aromatic heterocycles. The number of aliphatic hydroxyl groups is 2. The van der Waals surface area contributed by atoms with Gasteiger partial charge in [-0.1, -0.05) is 5.21 Å². The van der Waals surface area contributed by atoms with Gasteiger partial charge in [0.2, 0.25) is 0 Å². The highest BCUT2D eigenvalue weighted by Gasteiger charge is 2.29. The van der Waals surface area contributed by atoms with Crippen molar-refractivity contribution in [1.29, 1.82) is 0 Å². The van der Waals surface area contributed by atoms with Crippen molar-refractivity contribution in [2.45, 2.75) is 50.9 Å². The summed E-state index contributed by atoms with van der Waals surface area (Å²) in [6.07, 6.45) is 4.15. The lowest BCUT2D eigenvalue weighted by atomic mass is 10.1. The molecule has 84 valence electrons. The largest absolute Gasteiger partial charge is 0.391 e. The van der Waals surface area contributed by atoms with Gasteiger partial charge in [0.15, 0.2) is 0 Å². The van der Waals surface area contributed by atoms with Gasteiger partial charge in [0.1, 0.15) is 11.3 Å². The van der Waals surface area contributed by atoms with Gasteiger partial charge < -0.3 is 10.2 Å². The van der Waals surface area contributed by atoms with Crippen LogP contribution in [-0.4, -0.2) is 31.3 Å². The Morgan fingerprint density at radius 1 is 1.47 bits per heavy atom. The van der Waals surface area contributed by atoms with Gasteiger partial charge in [0.05, 0.1) is 18.3 Å². The number of nitrogens with zero attached hydrogens (tertiary/aromatic N) is 3. The van der Waals surface area contributed by atoms with Crippen molar-refractivity contribution in [1.82, 2.24) is 15.0 Å². The van der Waals surface area contributed by atoms with E-state index in [-0.39, 0.29) is 12.1 Å². The molecule has 1 heterocycles. The third-order valence-corrected chi connectivity index (χ3v) is 2.92. The molecule has 0 spiro atoms. The molecule has 0 saturated heterocycles. The Bertz CT molecular complexity index is 343. The van der Waals surface area contributed by atoms with E-state index in [1.165, 1.54) is 0 Å². The Labute approximate surface area is 88.7 Å². The predicted molar refractivity (Wildman–Crippen MR) is 54.2 cm³/mol. The van der Waals surface area contributed by atoms with Crippen LogP contribution in [0.4, 0.5) is 0 Å². The standard InChI is InChI=1S/C10H17N3O2/c1-10(2,15)9-6-13(12-11-9)7-4-3-5-8(7)14/h6-8,14-15H,3-5H2,1-2H3. The first-order valence-electron chi connectivity index (χ1n) is 5.31. The zero-order valence-corrected chi connectivity index (χ0v) is 9.09. The normalized spacial score (nSPS) is 27.2. The van der Waals surface area contributed by atoms with Gasteiger partial charge in [-0.15, -0.1) is 5.10 Å².